The van der Waals surface area contributed by atoms with E-state index in [1.165, 1.54) is 11.3 Å². The van der Waals surface area contributed by atoms with Crippen LogP contribution in [0, 0.1) is 0 Å². The Hall–Kier alpha value is -1.36. The lowest BCUT2D eigenvalue weighted by atomic mass is 10.3. The second kappa shape index (κ2) is 2.85. The molecule has 13 heavy (non-hydrogen) atoms. The zero-order valence-corrected chi connectivity index (χ0v) is 7.84. The molecule has 0 aliphatic heterocycles. The Balaban J connectivity index is 2.77. The number of hydrogen-bond donors (Lipinski definition) is 1. The van der Waals surface area contributed by atoms with Gasteiger partial charge >= 0.3 is 5.97 Å². The molecule has 1 N–H and O–H groups in total. The fourth-order valence-corrected chi connectivity index (χ4v) is 2.04. The fourth-order valence-electron chi connectivity index (χ4n) is 1.30. The van der Waals surface area contributed by atoms with Crippen molar-refractivity contribution in [2.45, 2.75) is 13.3 Å². The average Bonchev–Trinajstić information content (AvgIpc) is 2.59. The minimum Gasteiger partial charge on any atom is -0.477 e. The molecule has 0 saturated carbocycles. The van der Waals surface area contributed by atoms with Gasteiger partial charge in [0.2, 0.25) is 0 Å². The van der Waals surface area contributed by atoms with Crippen LogP contribution in [0.5, 0.6) is 0 Å². The highest BCUT2D eigenvalue weighted by molar-refractivity contribution is 7.15. The van der Waals surface area contributed by atoms with Gasteiger partial charge in [0, 0.05) is 11.6 Å². The van der Waals surface area contributed by atoms with Gasteiger partial charge in [0.25, 0.3) is 0 Å². The number of hydrogen-bond acceptors (Lipinski definition) is 3. The first-order chi connectivity index (χ1) is 6.24. The molecule has 0 radical (unpaired) electrons. The zero-order chi connectivity index (χ0) is 9.42. The van der Waals surface area contributed by atoms with Crippen LogP contribution in [-0.4, -0.2) is 20.5 Å². The largest absolute Gasteiger partial charge is 0.477 e. The van der Waals surface area contributed by atoms with E-state index in [0.29, 0.717) is 17.8 Å². The van der Waals surface area contributed by atoms with Gasteiger partial charge in [-0.05, 0) is 6.42 Å². The molecule has 2 aromatic heterocycles. The van der Waals surface area contributed by atoms with E-state index in [4.69, 9.17) is 5.11 Å². The van der Waals surface area contributed by atoms with Crippen LogP contribution in [0.1, 0.15) is 23.1 Å². The first kappa shape index (κ1) is 8.25. The summed E-state index contributed by atoms with van der Waals surface area (Å²) >= 11 is 1.44. The van der Waals surface area contributed by atoms with Crippen LogP contribution in [0.3, 0.4) is 0 Å². The van der Waals surface area contributed by atoms with Crippen LogP contribution >= 0.6 is 11.3 Å². The third-order valence-corrected chi connectivity index (χ3v) is 2.63. The van der Waals surface area contributed by atoms with Crippen molar-refractivity contribution in [1.82, 2.24) is 9.38 Å². The highest BCUT2D eigenvalue weighted by Gasteiger charge is 2.17. The minimum absolute atomic E-state index is 0.291. The van der Waals surface area contributed by atoms with Crippen molar-refractivity contribution in [2.24, 2.45) is 0 Å². The fraction of sp³-hybridized carbons (Fsp3) is 0.250. The molecule has 0 unspecified atom stereocenters. The maximum absolute atomic E-state index is 10.9. The number of fused-ring (bicyclic) bond motifs is 1. The molecule has 0 bridgehead atoms. The number of carboxylic acid groups (broad SMARTS) is 1. The molecule has 0 saturated heterocycles. The number of rotatable bonds is 2. The monoisotopic (exact) mass is 196 g/mol. The Morgan fingerprint density at radius 1 is 1.77 bits per heavy atom. The minimum atomic E-state index is -0.914. The summed E-state index contributed by atoms with van der Waals surface area (Å²) < 4.78 is 1.62. The number of thiazole rings is 1. The van der Waals surface area contributed by atoms with E-state index in [1.807, 2.05) is 12.3 Å². The predicted octanol–water partition coefficient (Wildman–Crippen LogP) is 1.66. The molecular weight excluding hydrogens is 188 g/mol. The summed E-state index contributed by atoms with van der Waals surface area (Å²) in [6.07, 6.45) is 2.38. The molecule has 0 atom stereocenters. The van der Waals surface area contributed by atoms with Crippen LogP contribution in [0.25, 0.3) is 4.96 Å². The van der Waals surface area contributed by atoms with Gasteiger partial charge in [0.05, 0.1) is 5.69 Å². The Bertz CT molecular complexity index is 458. The number of aryl methyl sites for hydroxylation is 1. The molecule has 2 aromatic rings. The Labute approximate surface area is 78.5 Å². The molecule has 4 nitrogen and oxygen atoms in total. The summed E-state index contributed by atoms with van der Waals surface area (Å²) in [4.78, 5) is 15.9. The molecule has 0 aromatic carbocycles. The molecular formula is C8H8N2O2S. The lowest BCUT2D eigenvalue weighted by molar-refractivity contribution is 0.0688. The number of imidazole rings is 1. The maximum Gasteiger partial charge on any atom is 0.354 e. The molecule has 68 valence electrons. The Kier molecular flexibility index (Phi) is 1.81. The molecule has 5 heteroatoms. The maximum atomic E-state index is 10.9. The molecule has 2 rings (SSSR count). The van der Waals surface area contributed by atoms with Gasteiger partial charge in [-0.3, -0.25) is 4.40 Å². The zero-order valence-electron chi connectivity index (χ0n) is 7.02. The number of carboxylic acids is 1. The highest BCUT2D eigenvalue weighted by atomic mass is 32.1. The van der Waals surface area contributed by atoms with E-state index in [-0.39, 0.29) is 0 Å². The van der Waals surface area contributed by atoms with Crippen LogP contribution in [0.4, 0.5) is 0 Å². The smallest absolute Gasteiger partial charge is 0.354 e. The lowest BCUT2D eigenvalue weighted by Gasteiger charge is -1.93. The summed E-state index contributed by atoms with van der Waals surface area (Å²) in [6, 6.07) is 0. The summed E-state index contributed by atoms with van der Waals surface area (Å²) in [5.74, 6) is -0.914. The molecule has 0 aliphatic carbocycles. The standard InChI is InChI=1S/C8H8N2O2S/c1-2-5-6(7(11)12)10-3-4-13-8(10)9-5/h3-4H,2H2,1H3,(H,11,12). The number of nitrogens with zero attached hydrogens (tertiary/aromatic N) is 2. The second-order valence-electron chi connectivity index (χ2n) is 2.62. The van der Waals surface area contributed by atoms with Gasteiger partial charge in [-0.2, -0.15) is 0 Å². The van der Waals surface area contributed by atoms with E-state index in [2.05, 4.69) is 4.98 Å². The summed E-state index contributed by atoms with van der Waals surface area (Å²) in [5, 5.41) is 10.8. The Morgan fingerprint density at radius 2 is 2.54 bits per heavy atom. The van der Waals surface area contributed by atoms with Crippen molar-refractivity contribution in [2.75, 3.05) is 0 Å². The molecule has 0 spiro atoms. The van der Waals surface area contributed by atoms with Crippen LogP contribution in [0.15, 0.2) is 11.6 Å². The van der Waals surface area contributed by atoms with E-state index in [0.717, 1.165) is 4.96 Å². The van der Waals surface area contributed by atoms with Gasteiger partial charge in [-0.25, -0.2) is 9.78 Å². The Morgan fingerprint density at radius 3 is 3.15 bits per heavy atom. The van der Waals surface area contributed by atoms with Crippen molar-refractivity contribution >= 4 is 22.3 Å². The van der Waals surface area contributed by atoms with E-state index in [1.54, 1.807) is 10.6 Å². The van der Waals surface area contributed by atoms with E-state index < -0.39 is 5.97 Å². The molecule has 2 heterocycles. The first-order valence-electron chi connectivity index (χ1n) is 3.91. The van der Waals surface area contributed by atoms with Crippen molar-refractivity contribution in [1.29, 1.82) is 0 Å². The van der Waals surface area contributed by atoms with Crippen molar-refractivity contribution in [3.63, 3.8) is 0 Å². The highest BCUT2D eigenvalue weighted by Crippen LogP contribution is 2.17. The SMILES string of the molecule is CCc1nc2sccn2c1C(=O)O. The predicted molar refractivity (Wildman–Crippen MR) is 49.4 cm³/mol. The molecule has 0 aliphatic rings. The molecule has 0 amide bonds. The van der Waals surface area contributed by atoms with Crippen LogP contribution in [0.2, 0.25) is 0 Å². The first-order valence-corrected chi connectivity index (χ1v) is 4.79. The summed E-state index contributed by atoms with van der Waals surface area (Å²) in [6.45, 7) is 1.90. The van der Waals surface area contributed by atoms with Gasteiger partial charge < -0.3 is 5.11 Å². The quantitative estimate of drug-likeness (QED) is 0.794. The van der Waals surface area contributed by atoms with E-state index >= 15 is 0 Å². The van der Waals surface area contributed by atoms with Gasteiger partial charge in [-0.15, -0.1) is 11.3 Å². The molecule has 0 fully saturated rings. The third kappa shape index (κ3) is 1.12. The normalized spacial score (nSPS) is 10.8. The lowest BCUT2D eigenvalue weighted by Crippen LogP contribution is -2.03. The van der Waals surface area contributed by atoms with Crippen LogP contribution in [-0.2, 0) is 6.42 Å². The third-order valence-electron chi connectivity index (χ3n) is 1.87. The summed E-state index contributed by atoms with van der Waals surface area (Å²) in [5.41, 5.74) is 0.943. The number of aromatic nitrogens is 2. The van der Waals surface area contributed by atoms with Crippen molar-refractivity contribution in [3.05, 3.63) is 23.0 Å². The van der Waals surface area contributed by atoms with E-state index in [9.17, 15) is 4.79 Å². The topological polar surface area (TPSA) is 54.6 Å². The van der Waals surface area contributed by atoms with Gasteiger partial charge in [0.15, 0.2) is 10.7 Å². The van der Waals surface area contributed by atoms with Crippen molar-refractivity contribution < 1.29 is 9.90 Å². The number of aromatic carboxylic acids is 1. The van der Waals surface area contributed by atoms with Crippen LogP contribution < -0.4 is 0 Å². The van der Waals surface area contributed by atoms with Crippen molar-refractivity contribution in [3.8, 4) is 0 Å². The average molecular weight is 196 g/mol. The van der Waals surface area contributed by atoms with Gasteiger partial charge in [-0.1, -0.05) is 6.92 Å². The second-order valence-corrected chi connectivity index (χ2v) is 3.49. The summed E-state index contributed by atoms with van der Waals surface area (Å²) in [7, 11) is 0. The number of carbonyl (C=O) groups is 1. The van der Waals surface area contributed by atoms with Gasteiger partial charge in [0.1, 0.15) is 0 Å².